The molecule has 2 rings (SSSR count). The summed E-state index contributed by atoms with van der Waals surface area (Å²) in [5.74, 6) is 0. The van der Waals surface area contributed by atoms with E-state index in [9.17, 15) is 4.79 Å². The molecular formula is C9H8N4O. The molecule has 0 aliphatic carbocycles. The molecule has 0 bridgehead atoms. The molecule has 5 nitrogen and oxygen atoms in total. The van der Waals surface area contributed by atoms with Gasteiger partial charge in [0.25, 0.3) is 5.56 Å². The van der Waals surface area contributed by atoms with Gasteiger partial charge in [0.1, 0.15) is 0 Å². The van der Waals surface area contributed by atoms with Crippen LogP contribution in [0.15, 0.2) is 35.5 Å². The van der Waals surface area contributed by atoms with Crippen molar-refractivity contribution in [2.75, 3.05) is 5.73 Å². The van der Waals surface area contributed by atoms with Crippen LogP contribution in [-0.4, -0.2) is 15.0 Å². The monoisotopic (exact) mass is 188 g/mol. The molecule has 2 heterocycles. The highest BCUT2D eigenvalue weighted by Gasteiger charge is 1.99. The Morgan fingerprint density at radius 3 is 2.93 bits per heavy atom. The Balaban J connectivity index is 2.55. The second-order valence-corrected chi connectivity index (χ2v) is 2.78. The van der Waals surface area contributed by atoms with Crippen LogP contribution in [0.5, 0.6) is 0 Å². The van der Waals surface area contributed by atoms with E-state index >= 15 is 0 Å². The van der Waals surface area contributed by atoms with E-state index in [-0.39, 0.29) is 5.56 Å². The number of nitrogens with two attached hydrogens (primary N) is 1. The molecule has 0 aromatic carbocycles. The average Bonchev–Trinajstić information content (AvgIpc) is 2.18. The van der Waals surface area contributed by atoms with Crippen LogP contribution in [0.1, 0.15) is 0 Å². The number of nitrogens with one attached hydrogen (secondary N) is 1. The summed E-state index contributed by atoms with van der Waals surface area (Å²) in [6, 6.07) is 3.35. The second kappa shape index (κ2) is 3.29. The topological polar surface area (TPSA) is 84.7 Å². The highest BCUT2D eigenvalue weighted by molar-refractivity contribution is 5.57. The smallest absolute Gasteiger partial charge is 0.266 e. The van der Waals surface area contributed by atoms with Crippen molar-refractivity contribution in [3.05, 3.63) is 41.1 Å². The SMILES string of the molecule is Nc1ccnc(-c2cncc(=O)[nH]2)c1. The van der Waals surface area contributed by atoms with E-state index in [1.165, 1.54) is 12.4 Å². The molecule has 3 N–H and O–H groups in total. The van der Waals surface area contributed by atoms with Gasteiger partial charge in [0.15, 0.2) is 0 Å². The van der Waals surface area contributed by atoms with Crippen LogP contribution >= 0.6 is 0 Å². The fraction of sp³-hybridized carbons (Fsp3) is 0. The van der Waals surface area contributed by atoms with Crippen molar-refractivity contribution in [3.63, 3.8) is 0 Å². The predicted octanol–water partition coefficient (Wildman–Crippen LogP) is 0.414. The molecule has 0 unspecified atom stereocenters. The summed E-state index contributed by atoms with van der Waals surface area (Å²) < 4.78 is 0. The number of nitrogens with zero attached hydrogens (tertiary/aromatic N) is 2. The molecule has 2 aromatic heterocycles. The zero-order valence-electron chi connectivity index (χ0n) is 7.27. The van der Waals surface area contributed by atoms with Crippen LogP contribution in [-0.2, 0) is 0 Å². The second-order valence-electron chi connectivity index (χ2n) is 2.78. The minimum absolute atomic E-state index is 0.258. The fourth-order valence-electron chi connectivity index (χ4n) is 1.10. The van der Waals surface area contributed by atoms with Crippen LogP contribution in [0.2, 0.25) is 0 Å². The highest BCUT2D eigenvalue weighted by atomic mass is 16.1. The summed E-state index contributed by atoms with van der Waals surface area (Å²) in [7, 11) is 0. The lowest BCUT2D eigenvalue weighted by Crippen LogP contribution is -2.06. The van der Waals surface area contributed by atoms with Crippen LogP contribution in [0.4, 0.5) is 5.69 Å². The molecule has 0 fully saturated rings. The number of aromatic nitrogens is 3. The van der Waals surface area contributed by atoms with Crippen molar-refractivity contribution >= 4 is 5.69 Å². The fourth-order valence-corrected chi connectivity index (χ4v) is 1.10. The molecule has 2 aromatic rings. The van der Waals surface area contributed by atoms with Gasteiger partial charge >= 0.3 is 0 Å². The van der Waals surface area contributed by atoms with Crippen molar-refractivity contribution in [2.45, 2.75) is 0 Å². The van der Waals surface area contributed by atoms with Crippen molar-refractivity contribution in [1.82, 2.24) is 15.0 Å². The van der Waals surface area contributed by atoms with Crippen molar-refractivity contribution in [2.24, 2.45) is 0 Å². The van der Waals surface area contributed by atoms with Gasteiger partial charge in [-0.25, -0.2) is 0 Å². The predicted molar refractivity (Wildman–Crippen MR) is 52.5 cm³/mol. The molecule has 0 aliphatic rings. The lowest BCUT2D eigenvalue weighted by molar-refractivity contribution is 1.13. The van der Waals surface area contributed by atoms with E-state index in [4.69, 9.17) is 5.73 Å². The molecule has 0 aliphatic heterocycles. The van der Waals surface area contributed by atoms with E-state index in [2.05, 4.69) is 15.0 Å². The maximum Gasteiger partial charge on any atom is 0.266 e. The van der Waals surface area contributed by atoms with Gasteiger partial charge in [0.2, 0.25) is 0 Å². The van der Waals surface area contributed by atoms with Crippen molar-refractivity contribution < 1.29 is 0 Å². The van der Waals surface area contributed by atoms with Gasteiger partial charge < -0.3 is 10.7 Å². The highest BCUT2D eigenvalue weighted by Crippen LogP contribution is 2.13. The Kier molecular flexibility index (Phi) is 1.98. The summed E-state index contributed by atoms with van der Waals surface area (Å²) >= 11 is 0. The third kappa shape index (κ3) is 1.61. The molecule has 5 heteroatoms. The van der Waals surface area contributed by atoms with Gasteiger partial charge in [-0.2, -0.15) is 0 Å². The van der Waals surface area contributed by atoms with E-state index in [0.717, 1.165) is 0 Å². The molecule has 70 valence electrons. The molecule has 0 saturated heterocycles. The molecule has 0 amide bonds. The molecule has 0 spiro atoms. The summed E-state index contributed by atoms with van der Waals surface area (Å²) in [6.07, 6.45) is 4.31. The van der Waals surface area contributed by atoms with E-state index in [1.54, 1.807) is 18.3 Å². The van der Waals surface area contributed by atoms with Gasteiger partial charge in [-0.15, -0.1) is 0 Å². The van der Waals surface area contributed by atoms with Gasteiger partial charge in [-0.3, -0.25) is 14.8 Å². The Morgan fingerprint density at radius 1 is 1.36 bits per heavy atom. The first kappa shape index (κ1) is 8.43. The zero-order valence-corrected chi connectivity index (χ0v) is 7.27. The van der Waals surface area contributed by atoms with Gasteiger partial charge in [0.05, 0.1) is 23.8 Å². The quantitative estimate of drug-likeness (QED) is 0.679. The Bertz CT molecular complexity index is 506. The number of anilines is 1. The minimum atomic E-state index is -0.258. The van der Waals surface area contributed by atoms with Crippen LogP contribution in [0, 0.1) is 0 Å². The number of H-pyrrole nitrogens is 1. The zero-order chi connectivity index (χ0) is 9.97. The largest absolute Gasteiger partial charge is 0.399 e. The lowest BCUT2D eigenvalue weighted by atomic mass is 10.2. The maximum atomic E-state index is 11.0. The average molecular weight is 188 g/mol. The Labute approximate surface area is 79.6 Å². The maximum absolute atomic E-state index is 11.0. The van der Waals surface area contributed by atoms with Crippen LogP contribution in [0.25, 0.3) is 11.4 Å². The number of hydrogen-bond acceptors (Lipinski definition) is 4. The summed E-state index contributed by atoms with van der Waals surface area (Å²) in [5.41, 5.74) is 7.09. The van der Waals surface area contributed by atoms with Crippen molar-refractivity contribution in [3.8, 4) is 11.4 Å². The first-order valence-corrected chi connectivity index (χ1v) is 4.02. The van der Waals surface area contributed by atoms with Crippen LogP contribution in [0.3, 0.4) is 0 Å². The number of nitrogen functional groups attached to an aromatic ring is 1. The Morgan fingerprint density at radius 2 is 2.21 bits per heavy atom. The number of aromatic amines is 1. The molecular weight excluding hydrogens is 180 g/mol. The third-order valence-corrected chi connectivity index (χ3v) is 1.71. The van der Waals surface area contributed by atoms with Gasteiger partial charge in [0, 0.05) is 11.9 Å². The minimum Gasteiger partial charge on any atom is -0.399 e. The normalized spacial score (nSPS) is 10.0. The number of rotatable bonds is 1. The lowest BCUT2D eigenvalue weighted by Gasteiger charge is -1.99. The number of pyridine rings is 1. The van der Waals surface area contributed by atoms with E-state index < -0.39 is 0 Å². The molecule has 14 heavy (non-hydrogen) atoms. The summed E-state index contributed by atoms with van der Waals surface area (Å²) in [5, 5.41) is 0. The Hall–Kier alpha value is -2.17. The molecule has 0 atom stereocenters. The molecule has 0 saturated carbocycles. The van der Waals surface area contributed by atoms with Crippen molar-refractivity contribution in [1.29, 1.82) is 0 Å². The summed E-state index contributed by atoms with van der Waals surface area (Å²) in [6.45, 7) is 0. The standard InChI is InChI=1S/C9H8N4O/c10-6-1-2-12-7(3-6)8-4-11-5-9(14)13-8/h1-5H,(H2,10,12)(H,13,14). The van der Waals surface area contributed by atoms with Gasteiger partial charge in [-0.05, 0) is 12.1 Å². The van der Waals surface area contributed by atoms with E-state index in [1.807, 2.05) is 0 Å². The summed E-state index contributed by atoms with van der Waals surface area (Å²) in [4.78, 5) is 21.4. The first-order valence-electron chi connectivity index (χ1n) is 4.02. The van der Waals surface area contributed by atoms with E-state index in [0.29, 0.717) is 17.1 Å². The third-order valence-electron chi connectivity index (χ3n) is 1.71. The first-order chi connectivity index (χ1) is 6.75. The van der Waals surface area contributed by atoms with Gasteiger partial charge in [-0.1, -0.05) is 0 Å². The van der Waals surface area contributed by atoms with Crippen LogP contribution < -0.4 is 11.3 Å². The molecule has 0 radical (unpaired) electrons. The number of hydrogen-bond donors (Lipinski definition) is 2.